The first kappa shape index (κ1) is 17.4. The van der Waals surface area contributed by atoms with E-state index in [4.69, 9.17) is 0 Å². The van der Waals surface area contributed by atoms with Crippen molar-refractivity contribution in [1.82, 2.24) is 0 Å². The van der Waals surface area contributed by atoms with Crippen molar-refractivity contribution in [2.45, 2.75) is 33.1 Å². The van der Waals surface area contributed by atoms with Crippen LogP contribution in [-0.4, -0.2) is 20.8 Å². The summed E-state index contributed by atoms with van der Waals surface area (Å²) in [4.78, 5) is 4.78. The van der Waals surface area contributed by atoms with Gasteiger partial charge in [0.25, 0.3) is 6.71 Å². The largest absolute Gasteiger partial charge is 0.345 e. The first-order chi connectivity index (χ1) is 13.3. The summed E-state index contributed by atoms with van der Waals surface area (Å²) in [5.41, 5.74) is 12.4. The molecular weight excluding hydrogens is 339 g/mol. The van der Waals surface area contributed by atoms with Gasteiger partial charge in [-0.2, -0.15) is 0 Å². The molecule has 0 saturated heterocycles. The Hall–Kier alpha value is -2.68. The molecule has 28 heavy (non-hydrogen) atoms. The van der Waals surface area contributed by atoms with E-state index in [-0.39, 0.29) is 12.1 Å². The van der Waals surface area contributed by atoms with E-state index in [0.29, 0.717) is 0 Å². The molecule has 0 N–H and O–H groups in total. The number of nitrogens with zero attached hydrogens (tertiary/aromatic N) is 2. The summed E-state index contributed by atoms with van der Waals surface area (Å²) >= 11 is 0. The normalized spacial score (nSPS) is 14.6. The topological polar surface area (TPSA) is 6.48 Å². The molecule has 0 saturated carbocycles. The third-order valence-electron chi connectivity index (χ3n) is 6.45. The van der Waals surface area contributed by atoms with Crippen molar-refractivity contribution in [3.8, 4) is 0 Å². The Morgan fingerprint density at radius 1 is 0.750 bits per heavy atom. The van der Waals surface area contributed by atoms with E-state index in [1.54, 1.807) is 0 Å². The SMILES string of the molecule is Cc1ccc2c(c1)N(C)c1cccc3c1B2c1cccc(C(C)(C)C)c1N3C. The van der Waals surface area contributed by atoms with Gasteiger partial charge in [0.1, 0.15) is 0 Å². The van der Waals surface area contributed by atoms with Crippen LogP contribution < -0.4 is 26.2 Å². The van der Waals surface area contributed by atoms with Gasteiger partial charge in [-0.1, -0.05) is 57.2 Å². The van der Waals surface area contributed by atoms with Crippen LogP contribution in [0.25, 0.3) is 0 Å². The Morgan fingerprint density at radius 2 is 1.43 bits per heavy atom. The molecule has 3 aromatic rings. The van der Waals surface area contributed by atoms with E-state index in [0.717, 1.165) is 0 Å². The second-order valence-corrected chi connectivity index (χ2v) is 9.32. The number of fused-ring (bicyclic) bond motifs is 4. The highest BCUT2D eigenvalue weighted by atomic mass is 15.1. The molecule has 140 valence electrons. The quantitative estimate of drug-likeness (QED) is 0.556. The number of anilines is 4. The number of benzene rings is 3. The van der Waals surface area contributed by atoms with Crippen LogP contribution in [0.4, 0.5) is 22.7 Å². The van der Waals surface area contributed by atoms with Gasteiger partial charge >= 0.3 is 0 Å². The number of hydrogen-bond donors (Lipinski definition) is 0. The molecule has 0 bridgehead atoms. The average Bonchev–Trinajstić information content (AvgIpc) is 2.66. The molecule has 0 aliphatic carbocycles. The van der Waals surface area contributed by atoms with Gasteiger partial charge in [-0.3, -0.25) is 0 Å². The molecule has 0 aromatic heterocycles. The standard InChI is InChI=1S/C25H27BN2/c1-16-13-14-18-22(15-16)27(5)20-11-8-12-21-23(20)26(18)19-10-7-9-17(25(2,3)4)24(19)28(21)6/h7-15H,1-6H3. The van der Waals surface area contributed by atoms with Gasteiger partial charge in [0, 0.05) is 36.8 Å². The van der Waals surface area contributed by atoms with Gasteiger partial charge in [0.2, 0.25) is 0 Å². The Labute approximate surface area is 168 Å². The monoisotopic (exact) mass is 366 g/mol. The summed E-state index contributed by atoms with van der Waals surface area (Å²) < 4.78 is 0. The van der Waals surface area contributed by atoms with E-state index in [9.17, 15) is 0 Å². The molecular formula is C25H27BN2. The zero-order chi connectivity index (χ0) is 19.8. The third kappa shape index (κ3) is 2.22. The Kier molecular flexibility index (Phi) is 3.53. The smallest absolute Gasteiger partial charge is 0.252 e. The molecule has 3 aromatic carbocycles. The van der Waals surface area contributed by atoms with Gasteiger partial charge in [0.05, 0.1) is 0 Å². The second kappa shape index (κ2) is 5.67. The maximum atomic E-state index is 2.41. The van der Waals surface area contributed by atoms with Crippen molar-refractivity contribution in [1.29, 1.82) is 0 Å². The summed E-state index contributed by atoms with van der Waals surface area (Å²) in [6.45, 7) is 9.41. The highest BCUT2D eigenvalue weighted by Crippen LogP contribution is 2.39. The van der Waals surface area contributed by atoms with Gasteiger partial charge in [-0.25, -0.2) is 0 Å². The number of aryl methyl sites for hydroxylation is 1. The fourth-order valence-corrected chi connectivity index (χ4v) is 5.11. The van der Waals surface area contributed by atoms with Gasteiger partial charge < -0.3 is 9.80 Å². The molecule has 0 unspecified atom stereocenters. The highest BCUT2D eigenvalue weighted by molar-refractivity contribution is 7.00. The van der Waals surface area contributed by atoms with E-state index >= 15 is 0 Å². The molecule has 0 spiro atoms. The maximum Gasteiger partial charge on any atom is 0.252 e. The maximum absolute atomic E-state index is 2.41. The van der Waals surface area contributed by atoms with Crippen LogP contribution >= 0.6 is 0 Å². The number of hydrogen-bond acceptors (Lipinski definition) is 2. The molecule has 0 atom stereocenters. The predicted octanol–water partition coefficient (Wildman–Crippen LogP) is 3.97. The Balaban J connectivity index is 1.89. The third-order valence-corrected chi connectivity index (χ3v) is 6.45. The summed E-state index contributed by atoms with van der Waals surface area (Å²) in [5.74, 6) is 0. The van der Waals surface area contributed by atoms with Crippen molar-refractivity contribution in [3.63, 3.8) is 0 Å². The zero-order valence-corrected chi connectivity index (χ0v) is 17.7. The lowest BCUT2D eigenvalue weighted by Crippen LogP contribution is -2.62. The summed E-state index contributed by atoms with van der Waals surface area (Å²) in [7, 11) is 4.43. The lowest BCUT2D eigenvalue weighted by atomic mass is 9.33. The van der Waals surface area contributed by atoms with Crippen LogP contribution in [0.1, 0.15) is 31.9 Å². The molecule has 0 amide bonds. The van der Waals surface area contributed by atoms with E-state index in [1.807, 2.05) is 0 Å². The molecule has 3 heteroatoms. The van der Waals surface area contributed by atoms with E-state index in [2.05, 4.69) is 106 Å². The van der Waals surface area contributed by atoms with Crippen LogP contribution in [0.3, 0.4) is 0 Å². The van der Waals surface area contributed by atoms with Crippen molar-refractivity contribution in [2.24, 2.45) is 0 Å². The molecule has 0 radical (unpaired) electrons. The minimum absolute atomic E-state index is 0.0935. The first-order valence-electron chi connectivity index (χ1n) is 10.1. The zero-order valence-electron chi connectivity index (χ0n) is 17.7. The minimum Gasteiger partial charge on any atom is -0.345 e. The van der Waals surface area contributed by atoms with Crippen molar-refractivity contribution in [2.75, 3.05) is 23.9 Å². The van der Waals surface area contributed by atoms with Gasteiger partial charge in [-0.15, -0.1) is 0 Å². The van der Waals surface area contributed by atoms with Crippen LogP contribution in [-0.2, 0) is 5.41 Å². The fraction of sp³-hybridized carbons (Fsp3) is 0.280. The lowest BCUT2D eigenvalue weighted by Gasteiger charge is -2.43. The lowest BCUT2D eigenvalue weighted by molar-refractivity contribution is 0.591. The van der Waals surface area contributed by atoms with E-state index in [1.165, 1.54) is 50.3 Å². The molecule has 2 aliphatic rings. The molecule has 5 rings (SSSR count). The molecule has 2 aliphatic heterocycles. The Morgan fingerprint density at radius 3 is 2.14 bits per heavy atom. The van der Waals surface area contributed by atoms with Crippen molar-refractivity contribution >= 4 is 45.9 Å². The summed E-state index contributed by atoms with van der Waals surface area (Å²) in [5, 5.41) is 0. The minimum atomic E-state index is 0.0935. The first-order valence-corrected chi connectivity index (χ1v) is 10.1. The highest BCUT2D eigenvalue weighted by Gasteiger charge is 2.42. The number of rotatable bonds is 0. The molecule has 2 nitrogen and oxygen atoms in total. The van der Waals surface area contributed by atoms with E-state index < -0.39 is 0 Å². The van der Waals surface area contributed by atoms with Crippen molar-refractivity contribution < 1.29 is 0 Å². The predicted molar refractivity (Wildman–Crippen MR) is 124 cm³/mol. The van der Waals surface area contributed by atoms with Crippen LogP contribution in [0.5, 0.6) is 0 Å². The number of para-hydroxylation sites is 1. The Bertz CT molecular complexity index is 1110. The van der Waals surface area contributed by atoms with Crippen molar-refractivity contribution in [3.05, 3.63) is 65.7 Å². The van der Waals surface area contributed by atoms with Crippen LogP contribution in [0.15, 0.2) is 54.6 Å². The summed E-state index contributed by atoms with van der Waals surface area (Å²) in [6, 6.07) is 20.5. The average molecular weight is 366 g/mol. The van der Waals surface area contributed by atoms with Gasteiger partial charge in [-0.05, 0) is 58.1 Å². The second-order valence-electron chi connectivity index (χ2n) is 9.32. The molecule has 0 fully saturated rings. The summed E-state index contributed by atoms with van der Waals surface area (Å²) in [6.07, 6.45) is 0. The molecule has 2 heterocycles. The van der Waals surface area contributed by atoms with Crippen LogP contribution in [0.2, 0.25) is 0 Å². The van der Waals surface area contributed by atoms with Gasteiger partial charge in [0.15, 0.2) is 0 Å². The van der Waals surface area contributed by atoms with Crippen LogP contribution in [0, 0.1) is 6.92 Å². The fourth-order valence-electron chi connectivity index (χ4n) is 5.11.